The lowest BCUT2D eigenvalue weighted by Crippen LogP contribution is -2.32. The number of aromatic nitrogens is 3. The van der Waals surface area contributed by atoms with Gasteiger partial charge in [-0.25, -0.2) is 4.98 Å². The zero-order chi connectivity index (χ0) is 15.5. The average molecular weight is 299 g/mol. The topological polar surface area (TPSA) is 67.8 Å². The van der Waals surface area contributed by atoms with Crippen LogP contribution < -0.4 is 5.32 Å². The van der Waals surface area contributed by atoms with Crippen molar-refractivity contribution in [3.05, 3.63) is 41.7 Å². The molecule has 1 N–H and O–H groups in total. The van der Waals surface area contributed by atoms with Crippen molar-refractivity contribution in [2.75, 3.05) is 6.61 Å². The molecule has 2 aromatic rings. The third kappa shape index (κ3) is 2.78. The van der Waals surface area contributed by atoms with Crippen LogP contribution in [0.1, 0.15) is 36.5 Å². The molecule has 0 saturated carbocycles. The highest BCUT2D eigenvalue weighted by molar-refractivity contribution is 5.28. The van der Waals surface area contributed by atoms with E-state index in [2.05, 4.69) is 27.9 Å². The van der Waals surface area contributed by atoms with Gasteiger partial charge in [-0.2, -0.15) is 5.26 Å². The van der Waals surface area contributed by atoms with Crippen molar-refractivity contribution in [2.45, 2.75) is 38.6 Å². The molecule has 0 aromatic carbocycles. The summed E-state index contributed by atoms with van der Waals surface area (Å²) in [5.74, 6) is 0.989. The van der Waals surface area contributed by atoms with Crippen LogP contribution in [0, 0.1) is 11.3 Å². The number of hydrogen-bond acceptors (Lipinski definition) is 4. The first kappa shape index (κ1) is 14.8. The maximum atomic E-state index is 9.01. The molecule has 116 valence electrons. The van der Waals surface area contributed by atoms with Gasteiger partial charge < -0.3 is 19.2 Å². The van der Waals surface area contributed by atoms with Crippen LogP contribution in [0.5, 0.6) is 0 Å². The van der Waals surface area contributed by atoms with E-state index in [4.69, 9.17) is 10.00 Å². The molecule has 6 heteroatoms. The standard InChI is InChI=1S/C16H21N5O/c1-3-21-6-5-18-16(21)15-14(4-7-22-15)19-10-12-8-13(9-17)20(2)11-12/h5-6,8,11,14-15,19H,3-4,7,10H2,1-2H3/t14-,15-/m0/s1. The second-order valence-electron chi connectivity index (χ2n) is 5.60. The molecular weight excluding hydrogens is 278 g/mol. The second kappa shape index (κ2) is 6.34. The third-order valence-corrected chi connectivity index (χ3v) is 4.18. The highest BCUT2D eigenvalue weighted by atomic mass is 16.5. The van der Waals surface area contributed by atoms with Crippen molar-refractivity contribution < 1.29 is 4.74 Å². The molecule has 6 nitrogen and oxygen atoms in total. The summed E-state index contributed by atoms with van der Waals surface area (Å²) >= 11 is 0. The molecule has 1 aliphatic rings. The van der Waals surface area contributed by atoms with E-state index < -0.39 is 0 Å². The van der Waals surface area contributed by atoms with Crippen LogP contribution in [0.15, 0.2) is 24.7 Å². The zero-order valence-electron chi connectivity index (χ0n) is 13.0. The number of nitrogens with one attached hydrogen (secondary N) is 1. The molecule has 1 fully saturated rings. The van der Waals surface area contributed by atoms with E-state index in [0.717, 1.165) is 37.5 Å². The largest absolute Gasteiger partial charge is 0.369 e. The normalized spacial score (nSPS) is 21.1. The quantitative estimate of drug-likeness (QED) is 0.913. The Balaban J connectivity index is 1.68. The summed E-state index contributed by atoms with van der Waals surface area (Å²) in [6, 6.07) is 4.36. The summed E-state index contributed by atoms with van der Waals surface area (Å²) in [6.07, 6.45) is 6.77. The lowest BCUT2D eigenvalue weighted by Gasteiger charge is -2.20. The second-order valence-corrected chi connectivity index (χ2v) is 5.60. The maximum Gasteiger partial charge on any atom is 0.139 e. The predicted molar refractivity (Wildman–Crippen MR) is 82.0 cm³/mol. The van der Waals surface area contributed by atoms with Gasteiger partial charge in [0, 0.05) is 51.4 Å². The first-order valence-corrected chi connectivity index (χ1v) is 7.64. The van der Waals surface area contributed by atoms with Gasteiger partial charge in [-0.1, -0.05) is 0 Å². The van der Waals surface area contributed by atoms with Gasteiger partial charge in [-0.3, -0.25) is 0 Å². The molecule has 0 bridgehead atoms. The maximum absolute atomic E-state index is 9.01. The molecule has 0 radical (unpaired) electrons. The molecule has 0 amide bonds. The van der Waals surface area contributed by atoms with Crippen LogP contribution in [0.4, 0.5) is 0 Å². The summed E-state index contributed by atoms with van der Waals surface area (Å²) in [5, 5.41) is 12.6. The SMILES string of the molecule is CCn1ccnc1[C@H]1OCC[C@@H]1NCc1cc(C#N)n(C)c1. The van der Waals surface area contributed by atoms with Gasteiger partial charge in [-0.05, 0) is 25.0 Å². The fourth-order valence-corrected chi connectivity index (χ4v) is 2.99. The van der Waals surface area contributed by atoms with Crippen molar-refractivity contribution in [1.82, 2.24) is 19.4 Å². The molecule has 0 unspecified atom stereocenters. The Bertz CT molecular complexity index is 681. The molecule has 3 heterocycles. The van der Waals surface area contributed by atoms with Crippen LogP contribution in [-0.2, 0) is 24.9 Å². The Morgan fingerprint density at radius 3 is 3.14 bits per heavy atom. The van der Waals surface area contributed by atoms with Gasteiger partial charge in [0.1, 0.15) is 23.7 Å². The van der Waals surface area contributed by atoms with Crippen LogP contribution in [0.3, 0.4) is 0 Å². The third-order valence-electron chi connectivity index (χ3n) is 4.18. The molecule has 2 aromatic heterocycles. The number of hydrogen-bond donors (Lipinski definition) is 1. The lowest BCUT2D eigenvalue weighted by atomic mass is 10.1. The minimum absolute atomic E-state index is 0.00546. The Hall–Kier alpha value is -2.10. The molecular formula is C16H21N5O. The summed E-state index contributed by atoms with van der Waals surface area (Å²) in [6.45, 7) is 4.48. The molecule has 0 aliphatic carbocycles. The highest BCUT2D eigenvalue weighted by Crippen LogP contribution is 2.28. The van der Waals surface area contributed by atoms with Crippen LogP contribution >= 0.6 is 0 Å². The number of ether oxygens (including phenoxy) is 1. The number of imidazole rings is 1. The summed E-state index contributed by atoms with van der Waals surface area (Å²) < 4.78 is 9.86. The molecule has 1 aliphatic heterocycles. The van der Waals surface area contributed by atoms with E-state index in [1.807, 2.05) is 36.3 Å². The molecule has 1 saturated heterocycles. The molecule has 0 spiro atoms. The van der Waals surface area contributed by atoms with E-state index in [1.165, 1.54) is 0 Å². The minimum Gasteiger partial charge on any atom is -0.369 e. The van der Waals surface area contributed by atoms with Gasteiger partial charge in [0.25, 0.3) is 0 Å². The van der Waals surface area contributed by atoms with Crippen molar-refractivity contribution in [3.8, 4) is 6.07 Å². The fraction of sp³-hybridized carbons (Fsp3) is 0.500. The van der Waals surface area contributed by atoms with E-state index in [0.29, 0.717) is 5.69 Å². The van der Waals surface area contributed by atoms with Crippen LogP contribution in [-0.4, -0.2) is 26.8 Å². The summed E-state index contributed by atoms with van der Waals surface area (Å²) in [5.41, 5.74) is 1.79. The highest BCUT2D eigenvalue weighted by Gasteiger charge is 2.32. The van der Waals surface area contributed by atoms with Gasteiger partial charge in [0.2, 0.25) is 0 Å². The van der Waals surface area contributed by atoms with Gasteiger partial charge >= 0.3 is 0 Å². The Kier molecular flexibility index (Phi) is 4.27. The fourth-order valence-electron chi connectivity index (χ4n) is 2.99. The van der Waals surface area contributed by atoms with Crippen molar-refractivity contribution in [2.24, 2.45) is 7.05 Å². The molecule has 3 rings (SSSR count). The smallest absolute Gasteiger partial charge is 0.139 e. The monoisotopic (exact) mass is 299 g/mol. The van der Waals surface area contributed by atoms with E-state index in [-0.39, 0.29) is 12.1 Å². The minimum atomic E-state index is -0.00546. The van der Waals surface area contributed by atoms with Crippen LogP contribution in [0.2, 0.25) is 0 Å². The number of nitriles is 1. The lowest BCUT2D eigenvalue weighted by molar-refractivity contribution is 0.0886. The van der Waals surface area contributed by atoms with Gasteiger partial charge in [-0.15, -0.1) is 0 Å². The summed E-state index contributed by atoms with van der Waals surface area (Å²) in [4.78, 5) is 4.46. The first-order chi connectivity index (χ1) is 10.7. The number of aryl methyl sites for hydroxylation is 2. The zero-order valence-corrected chi connectivity index (χ0v) is 13.0. The molecule has 22 heavy (non-hydrogen) atoms. The van der Waals surface area contributed by atoms with Gasteiger partial charge in [0.15, 0.2) is 0 Å². The summed E-state index contributed by atoms with van der Waals surface area (Å²) in [7, 11) is 1.89. The van der Waals surface area contributed by atoms with Crippen molar-refractivity contribution >= 4 is 0 Å². The predicted octanol–water partition coefficient (Wildman–Crippen LogP) is 1.73. The van der Waals surface area contributed by atoms with Crippen molar-refractivity contribution in [3.63, 3.8) is 0 Å². The average Bonchev–Trinajstić information content (AvgIpc) is 3.23. The Morgan fingerprint density at radius 2 is 2.41 bits per heavy atom. The Labute approximate surface area is 130 Å². The van der Waals surface area contributed by atoms with E-state index in [1.54, 1.807) is 0 Å². The Morgan fingerprint density at radius 1 is 1.55 bits per heavy atom. The first-order valence-electron chi connectivity index (χ1n) is 7.64. The van der Waals surface area contributed by atoms with Gasteiger partial charge in [0.05, 0.1) is 0 Å². The van der Waals surface area contributed by atoms with E-state index in [9.17, 15) is 0 Å². The number of nitrogens with zero attached hydrogens (tertiary/aromatic N) is 4. The van der Waals surface area contributed by atoms with E-state index >= 15 is 0 Å². The molecule has 2 atom stereocenters. The van der Waals surface area contributed by atoms with Crippen molar-refractivity contribution in [1.29, 1.82) is 5.26 Å². The van der Waals surface area contributed by atoms with Crippen LogP contribution in [0.25, 0.3) is 0 Å². The number of rotatable bonds is 5.